The Bertz CT molecular complexity index is 410. The maximum Gasteiger partial charge on any atom is 0.234 e. The Morgan fingerprint density at radius 1 is 1.06 bits per heavy atom. The molecular formula is C12H12N2O2. The van der Waals surface area contributed by atoms with Gasteiger partial charge in [0.25, 0.3) is 0 Å². The molecule has 0 radical (unpaired) electrons. The van der Waals surface area contributed by atoms with Gasteiger partial charge in [-0.1, -0.05) is 37.3 Å². The lowest BCUT2D eigenvalue weighted by atomic mass is 9.82. The van der Waals surface area contributed by atoms with Crippen molar-refractivity contribution in [3.8, 4) is 0 Å². The van der Waals surface area contributed by atoms with Gasteiger partial charge in [0, 0.05) is 5.41 Å². The third-order valence-corrected chi connectivity index (χ3v) is 2.46. The maximum absolute atomic E-state index is 10.2. The molecule has 0 aromatic heterocycles. The van der Waals surface area contributed by atoms with E-state index in [-0.39, 0.29) is 13.1 Å². The van der Waals surface area contributed by atoms with Gasteiger partial charge in [-0.3, -0.25) is 0 Å². The number of carbonyl (C=O) groups excluding carboxylic acids is 2. The van der Waals surface area contributed by atoms with Crippen LogP contribution in [0.1, 0.15) is 12.5 Å². The molecule has 4 nitrogen and oxygen atoms in total. The van der Waals surface area contributed by atoms with Gasteiger partial charge in [-0.2, -0.15) is 0 Å². The molecule has 0 saturated carbocycles. The first-order valence-electron chi connectivity index (χ1n) is 4.86. The van der Waals surface area contributed by atoms with Crippen LogP contribution < -0.4 is 0 Å². The van der Waals surface area contributed by atoms with Crippen LogP contribution in [0.4, 0.5) is 0 Å². The van der Waals surface area contributed by atoms with Crippen molar-refractivity contribution in [2.24, 2.45) is 9.98 Å². The van der Waals surface area contributed by atoms with Crippen molar-refractivity contribution in [3.63, 3.8) is 0 Å². The molecule has 4 heteroatoms. The van der Waals surface area contributed by atoms with Crippen molar-refractivity contribution in [3.05, 3.63) is 35.9 Å². The Balaban J connectivity index is 3.02. The average molecular weight is 216 g/mol. The van der Waals surface area contributed by atoms with E-state index in [1.54, 1.807) is 0 Å². The lowest BCUT2D eigenvalue weighted by Crippen LogP contribution is -2.29. The molecule has 0 spiro atoms. The number of isocyanates is 2. The van der Waals surface area contributed by atoms with Crippen LogP contribution in [0.25, 0.3) is 0 Å². The van der Waals surface area contributed by atoms with Gasteiger partial charge < -0.3 is 0 Å². The highest BCUT2D eigenvalue weighted by Crippen LogP contribution is 2.24. The number of rotatable bonds is 5. The smallest absolute Gasteiger partial charge is 0.211 e. The van der Waals surface area contributed by atoms with Crippen LogP contribution in [0.15, 0.2) is 40.3 Å². The second-order valence-electron chi connectivity index (χ2n) is 3.74. The largest absolute Gasteiger partial charge is 0.234 e. The Kier molecular flexibility index (Phi) is 4.34. The van der Waals surface area contributed by atoms with Crippen molar-refractivity contribution < 1.29 is 9.59 Å². The van der Waals surface area contributed by atoms with Crippen LogP contribution in [0.5, 0.6) is 0 Å². The molecule has 1 aromatic carbocycles. The maximum atomic E-state index is 10.2. The molecule has 0 N–H and O–H groups in total. The molecule has 0 saturated heterocycles. The first kappa shape index (κ1) is 12.1. The van der Waals surface area contributed by atoms with Crippen molar-refractivity contribution in [1.29, 1.82) is 0 Å². The van der Waals surface area contributed by atoms with E-state index in [4.69, 9.17) is 0 Å². The molecule has 0 amide bonds. The molecule has 0 fully saturated rings. The van der Waals surface area contributed by atoms with Crippen LogP contribution in [-0.4, -0.2) is 25.2 Å². The van der Waals surface area contributed by atoms with Gasteiger partial charge >= 0.3 is 0 Å². The zero-order valence-electron chi connectivity index (χ0n) is 9.01. The van der Waals surface area contributed by atoms with Gasteiger partial charge in [0.15, 0.2) is 0 Å². The van der Waals surface area contributed by atoms with E-state index in [1.807, 2.05) is 37.3 Å². The summed E-state index contributed by atoms with van der Waals surface area (Å²) in [4.78, 5) is 27.5. The van der Waals surface area contributed by atoms with E-state index in [0.29, 0.717) is 0 Å². The zero-order chi connectivity index (χ0) is 11.9. The molecule has 0 aliphatic heterocycles. The molecule has 0 heterocycles. The highest BCUT2D eigenvalue weighted by Gasteiger charge is 2.26. The van der Waals surface area contributed by atoms with Crippen LogP contribution >= 0.6 is 0 Å². The summed E-state index contributed by atoms with van der Waals surface area (Å²) in [5.41, 5.74) is 0.517. The molecule has 0 atom stereocenters. The number of aliphatic imine (C=N–C) groups is 2. The Morgan fingerprint density at radius 2 is 1.56 bits per heavy atom. The molecule has 0 bridgehead atoms. The third-order valence-electron chi connectivity index (χ3n) is 2.46. The molecule has 82 valence electrons. The molecule has 0 aliphatic rings. The number of benzene rings is 1. The van der Waals surface area contributed by atoms with Crippen LogP contribution in [0.2, 0.25) is 0 Å². The Hall–Kier alpha value is -2.02. The lowest BCUT2D eigenvalue weighted by Gasteiger charge is -2.25. The molecule has 0 unspecified atom stereocenters. The van der Waals surface area contributed by atoms with Crippen molar-refractivity contribution in [2.45, 2.75) is 12.3 Å². The van der Waals surface area contributed by atoms with Gasteiger partial charge in [-0.25, -0.2) is 19.6 Å². The minimum Gasteiger partial charge on any atom is -0.211 e. The monoisotopic (exact) mass is 216 g/mol. The number of hydrogen-bond donors (Lipinski definition) is 0. The van der Waals surface area contributed by atoms with Gasteiger partial charge in [0.2, 0.25) is 12.2 Å². The first-order valence-corrected chi connectivity index (χ1v) is 4.86. The summed E-state index contributed by atoms with van der Waals surface area (Å²) in [6.45, 7) is 2.40. The highest BCUT2D eigenvalue weighted by molar-refractivity contribution is 5.36. The van der Waals surface area contributed by atoms with Gasteiger partial charge in [-0.05, 0) is 5.56 Å². The molecule has 1 rings (SSSR count). The number of nitrogens with zero attached hydrogens (tertiary/aromatic N) is 2. The van der Waals surface area contributed by atoms with Crippen molar-refractivity contribution >= 4 is 12.2 Å². The third kappa shape index (κ3) is 2.99. The summed E-state index contributed by atoms with van der Waals surface area (Å²) >= 11 is 0. The van der Waals surface area contributed by atoms with E-state index in [2.05, 4.69) is 9.98 Å². The summed E-state index contributed by atoms with van der Waals surface area (Å²) in [7, 11) is 0. The summed E-state index contributed by atoms with van der Waals surface area (Å²) in [6.07, 6.45) is 3.01. The van der Waals surface area contributed by atoms with Crippen molar-refractivity contribution in [2.75, 3.05) is 13.1 Å². The fourth-order valence-electron chi connectivity index (χ4n) is 1.49. The van der Waals surface area contributed by atoms with Crippen LogP contribution in [0, 0.1) is 0 Å². The Morgan fingerprint density at radius 3 is 2.00 bits per heavy atom. The van der Waals surface area contributed by atoms with Crippen LogP contribution in [0.3, 0.4) is 0 Å². The Labute approximate surface area is 93.7 Å². The predicted octanol–water partition coefficient (Wildman–Crippen LogP) is 1.62. The lowest BCUT2D eigenvalue weighted by molar-refractivity contribution is 0.488. The average Bonchev–Trinajstić information content (AvgIpc) is 2.35. The second-order valence-corrected chi connectivity index (χ2v) is 3.74. The molecular weight excluding hydrogens is 204 g/mol. The molecule has 1 aromatic rings. The fourth-order valence-corrected chi connectivity index (χ4v) is 1.49. The molecule has 0 aliphatic carbocycles. The fraction of sp³-hybridized carbons (Fsp3) is 0.333. The quantitative estimate of drug-likeness (QED) is 0.554. The SMILES string of the molecule is CC(CN=C=O)(CN=C=O)c1ccccc1. The summed E-state index contributed by atoms with van der Waals surface area (Å²) in [5, 5.41) is 0. The number of hydrogen-bond acceptors (Lipinski definition) is 4. The van der Waals surface area contributed by atoms with Gasteiger partial charge in [0.05, 0.1) is 13.1 Å². The standard InChI is InChI=1S/C12H12N2O2/c1-12(7-13-9-15,8-14-10-16)11-5-3-2-4-6-11/h2-6H,7-8H2,1H3. The minimum absolute atomic E-state index is 0.256. The van der Waals surface area contributed by atoms with Crippen LogP contribution in [-0.2, 0) is 15.0 Å². The topological polar surface area (TPSA) is 58.9 Å². The first-order chi connectivity index (χ1) is 7.73. The summed E-state index contributed by atoms with van der Waals surface area (Å²) in [5.74, 6) is 0. The predicted molar refractivity (Wildman–Crippen MR) is 59.8 cm³/mol. The van der Waals surface area contributed by atoms with E-state index in [9.17, 15) is 9.59 Å². The summed E-state index contributed by atoms with van der Waals surface area (Å²) < 4.78 is 0. The van der Waals surface area contributed by atoms with E-state index >= 15 is 0 Å². The van der Waals surface area contributed by atoms with E-state index < -0.39 is 5.41 Å². The normalized spacial score (nSPS) is 13.1. The molecule has 16 heavy (non-hydrogen) atoms. The van der Waals surface area contributed by atoms with E-state index in [1.165, 1.54) is 12.2 Å². The van der Waals surface area contributed by atoms with Crippen molar-refractivity contribution in [1.82, 2.24) is 0 Å². The summed E-state index contributed by atoms with van der Waals surface area (Å²) in [6, 6.07) is 9.52. The van der Waals surface area contributed by atoms with Gasteiger partial charge in [-0.15, -0.1) is 0 Å². The van der Waals surface area contributed by atoms with E-state index in [0.717, 1.165) is 5.56 Å². The second kappa shape index (κ2) is 5.76. The minimum atomic E-state index is -0.462. The zero-order valence-corrected chi connectivity index (χ0v) is 9.01. The highest BCUT2D eigenvalue weighted by atomic mass is 16.1. The van der Waals surface area contributed by atoms with Gasteiger partial charge in [0.1, 0.15) is 0 Å².